The van der Waals surface area contributed by atoms with Crippen molar-refractivity contribution in [3.63, 3.8) is 0 Å². The highest BCUT2D eigenvalue weighted by Crippen LogP contribution is 2.43. The van der Waals surface area contributed by atoms with Crippen molar-refractivity contribution in [3.05, 3.63) is 0 Å². The van der Waals surface area contributed by atoms with Crippen LogP contribution in [0.4, 0.5) is 0 Å². The quantitative estimate of drug-likeness (QED) is 0.187. The van der Waals surface area contributed by atoms with Gasteiger partial charge in [-0.2, -0.15) is 0 Å². The van der Waals surface area contributed by atoms with Gasteiger partial charge in [-0.05, 0) is 6.92 Å². The van der Waals surface area contributed by atoms with Gasteiger partial charge in [-0.15, -0.1) is 0 Å². The van der Waals surface area contributed by atoms with Crippen LogP contribution in [0.5, 0.6) is 0 Å². The summed E-state index contributed by atoms with van der Waals surface area (Å²) >= 11 is 0. The Hall–Kier alpha value is -0.390. The Balaban J connectivity index is 4.52. The van der Waals surface area contributed by atoms with Gasteiger partial charge in [0, 0.05) is 0 Å². The molecule has 0 spiro atoms. The molecule has 14 heteroatoms. The lowest BCUT2D eigenvalue weighted by atomic mass is 10.3. The Morgan fingerprint density at radius 1 is 1.30 bits per heavy atom. The van der Waals surface area contributed by atoms with Gasteiger partial charge in [-0.25, -0.2) is 4.57 Å². The van der Waals surface area contributed by atoms with Gasteiger partial charge in [-0.1, -0.05) is 0 Å². The third kappa shape index (κ3) is 11.7. The Morgan fingerprint density at radius 3 is 2.35 bits per heavy atom. The third-order valence-electron chi connectivity index (χ3n) is 2.11. The number of carbonyl (C=O) groups is 1. The Labute approximate surface area is 132 Å². The molecule has 0 aromatic heterocycles. The molecule has 0 rings (SSSR count). The summed E-state index contributed by atoms with van der Waals surface area (Å²) < 4.78 is 40.1. The SMILES string of the molecule is C[C@@H](N)C(=O)OC(CO[PH](=O)O)COP(=O)(O)OCC(O)CO. The minimum atomic E-state index is -4.61. The van der Waals surface area contributed by atoms with Crippen LogP contribution >= 0.6 is 16.1 Å². The first-order chi connectivity index (χ1) is 10.6. The summed E-state index contributed by atoms with van der Waals surface area (Å²) in [6, 6.07) is -1.000. The number of ether oxygens (including phenoxy) is 1. The van der Waals surface area contributed by atoms with E-state index in [0.717, 1.165) is 0 Å². The van der Waals surface area contributed by atoms with E-state index in [1.807, 2.05) is 0 Å². The highest BCUT2D eigenvalue weighted by Gasteiger charge is 2.27. The molecule has 0 amide bonds. The number of phosphoric ester groups is 1. The summed E-state index contributed by atoms with van der Waals surface area (Å²) in [7, 11) is -7.92. The molecule has 0 aromatic carbocycles. The maximum atomic E-state index is 11.5. The summed E-state index contributed by atoms with van der Waals surface area (Å²) in [6.07, 6.45) is -2.67. The van der Waals surface area contributed by atoms with Crippen LogP contribution in [-0.4, -0.2) is 70.6 Å². The highest BCUT2D eigenvalue weighted by molar-refractivity contribution is 7.47. The van der Waals surface area contributed by atoms with Gasteiger partial charge in [0.2, 0.25) is 0 Å². The van der Waals surface area contributed by atoms with Crippen molar-refractivity contribution < 1.29 is 52.2 Å². The molecular formula is C9H21NO11P2. The van der Waals surface area contributed by atoms with Crippen LogP contribution in [0.1, 0.15) is 6.92 Å². The molecule has 0 fully saturated rings. The average molecular weight is 381 g/mol. The van der Waals surface area contributed by atoms with Crippen molar-refractivity contribution in [1.29, 1.82) is 0 Å². The third-order valence-corrected chi connectivity index (χ3v) is 3.48. The molecule has 0 aromatic rings. The van der Waals surface area contributed by atoms with Crippen molar-refractivity contribution in [2.24, 2.45) is 5.73 Å². The lowest BCUT2D eigenvalue weighted by Crippen LogP contribution is -2.35. The predicted octanol–water partition coefficient (Wildman–Crippen LogP) is -1.87. The van der Waals surface area contributed by atoms with Gasteiger partial charge in [0.25, 0.3) is 0 Å². The number of phosphoric acid groups is 1. The summed E-state index contributed by atoms with van der Waals surface area (Å²) in [4.78, 5) is 29.3. The molecule has 0 aliphatic heterocycles. The number of carbonyl (C=O) groups excluding carboxylic acids is 1. The van der Waals surface area contributed by atoms with E-state index < -0.39 is 66.7 Å². The van der Waals surface area contributed by atoms with Crippen molar-refractivity contribution in [2.75, 3.05) is 26.4 Å². The van der Waals surface area contributed by atoms with E-state index in [-0.39, 0.29) is 0 Å². The molecule has 0 saturated heterocycles. The standard InChI is InChI=1S/C9H21NO11P2/c1-6(10)9(13)21-8(4-18-22(14)15)5-20-23(16,17)19-3-7(12)2-11/h6-8,11-12,22H,2-5,10H2,1H3,(H,14,15)(H,16,17)/t6-,7?,8?/m1/s1. The van der Waals surface area contributed by atoms with Gasteiger partial charge < -0.3 is 35.0 Å². The zero-order valence-electron chi connectivity index (χ0n) is 12.2. The van der Waals surface area contributed by atoms with Crippen LogP contribution in [0.25, 0.3) is 0 Å². The number of esters is 1. The Morgan fingerprint density at radius 2 is 1.87 bits per heavy atom. The number of nitrogens with two attached hydrogens (primary N) is 1. The Bertz CT molecular complexity index is 432. The molecule has 4 unspecified atom stereocenters. The monoisotopic (exact) mass is 381 g/mol. The maximum absolute atomic E-state index is 11.5. The zero-order valence-corrected chi connectivity index (χ0v) is 14.1. The smallest absolute Gasteiger partial charge is 0.456 e. The first-order valence-corrected chi connectivity index (χ1v) is 9.06. The second kappa shape index (κ2) is 11.2. The van der Waals surface area contributed by atoms with Gasteiger partial charge >= 0.3 is 22.0 Å². The second-order valence-electron chi connectivity index (χ2n) is 4.32. The largest absolute Gasteiger partial charge is 0.472 e. The summed E-state index contributed by atoms with van der Waals surface area (Å²) in [5.74, 6) is -0.885. The first kappa shape index (κ1) is 22.6. The van der Waals surface area contributed by atoms with Gasteiger partial charge in [-0.3, -0.25) is 18.4 Å². The second-order valence-corrected chi connectivity index (χ2v) is 6.59. The fourth-order valence-electron chi connectivity index (χ4n) is 1.000. The van der Waals surface area contributed by atoms with E-state index in [2.05, 4.69) is 13.6 Å². The van der Waals surface area contributed by atoms with E-state index in [1.165, 1.54) is 6.92 Å². The lowest BCUT2D eigenvalue weighted by Gasteiger charge is -2.20. The van der Waals surface area contributed by atoms with Gasteiger partial charge in [0.05, 0.1) is 26.4 Å². The average Bonchev–Trinajstić information content (AvgIpc) is 2.47. The van der Waals surface area contributed by atoms with Crippen molar-refractivity contribution >= 4 is 22.0 Å². The van der Waals surface area contributed by atoms with E-state index in [0.29, 0.717) is 0 Å². The molecule has 23 heavy (non-hydrogen) atoms. The molecule has 5 atom stereocenters. The molecule has 6 N–H and O–H groups in total. The summed E-state index contributed by atoms with van der Waals surface area (Å²) in [5, 5.41) is 17.5. The van der Waals surface area contributed by atoms with Gasteiger partial charge in [0.15, 0.2) is 0 Å². The highest BCUT2D eigenvalue weighted by atomic mass is 31.2. The molecule has 0 aliphatic carbocycles. The van der Waals surface area contributed by atoms with E-state index in [1.54, 1.807) is 0 Å². The van der Waals surface area contributed by atoms with Crippen LogP contribution < -0.4 is 5.73 Å². The van der Waals surface area contributed by atoms with Gasteiger partial charge in [0.1, 0.15) is 18.2 Å². The molecule has 0 saturated carbocycles. The first-order valence-electron chi connectivity index (χ1n) is 6.30. The predicted molar refractivity (Wildman–Crippen MR) is 75.5 cm³/mol. The molecule has 12 nitrogen and oxygen atoms in total. The molecule has 0 radical (unpaired) electrons. The minimum absolute atomic E-state index is 0.577. The lowest BCUT2D eigenvalue weighted by molar-refractivity contribution is -0.153. The van der Waals surface area contributed by atoms with Crippen molar-refractivity contribution in [1.82, 2.24) is 0 Å². The Kier molecular flexibility index (Phi) is 11.0. The van der Waals surface area contributed by atoms with Crippen molar-refractivity contribution in [3.8, 4) is 0 Å². The number of hydrogen-bond acceptors (Lipinski definition) is 10. The maximum Gasteiger partial charge on any atom is 0.472 e. The van der Waals surface area contributed by atoms with E-state index in [9.17, 15) is 18.8 Å². The minimum Gasteiger partial charge on any atom is -0.456 e. The molecular weight excluding hydrogens is 360 g/mol. The molecule has 0 aliphatic rings. The van der Waals surface area contributed by atoms with Crippen LogP contribution in [-0.2, 0) is 32.2 Å². The fraction of sp³-hybridized carbons (Fsp3) is 0.889. The van der Waals surface area contributed by atoms with Crippen LogP contribution in [0.2, 0.25) is 0 Å². The number of aliphatic hydroxyl groups excluding tert-OH is 2. The van der Waals surface area contributed by atoms with Crippen LogP contribution in [0, 0.1) is 0 Å². The molecule has 0 bridgehead atoms. The van der Waals surface area contributed by atoms with E-state index >= 15 is 0 Å². The van der Waals surface area contributed by atoms with Crippen molar-refractivity contribution in [2.45, 2.75) is 25.2 Å². The van der Waals surface area contributed by atoms with Crippen LogP contribution in [0.3, 0.4) is 0 Å². The number of hydrogen-bond donors (Lipinski definition) is 5. The topological polar surface area (TPSA) is 195 Å². The molecule has 0 heterocycles. The van der Waals surface area contributed by atoms with Crippen LogP contribution in [0.15, 0.2) is 0 Å². The summed E-state index contributed by atoms with van der Waals surface area (Å²) in [6.45, 7) is -1.31. The number of aliphatic hydroxyl groups is 2. The summed E-state index contributed by atoms with van der Waals surface area (Å²) in [5.41, 5.74) is 5.28. The molecule has 138 valence electrons. The fourth-order valence-corrected chi connectivity index (χ4v) is 2.12. The van der Waals surface area contributed by atoms with E-state index in [4.69, 9.17) is 25.6 Å². The number of rotatable bonds is 12. The zero-order chi connectivity index (χ0) is 18.0. The normalized spacial score (nSPS) is 19.4.